The van der Waals surface area contributed by atoms with Crippen LogP contribution in [0.3, 0.4) is 0 Å². The number of alkyl halides is 3. The predicted molar refractivity (Wildman–Crippen MR) is 118 cm³/mol. The number of nitro benzene ring substituents is 1. The standard InChI is InChI=1S/C23H26F3N3O4/c1-3-19(4-2)33-21-10-9-18(29(31)32)15-20(21)22(30)28-13-11-27(12-14-28)17-7-5-16(6-8-17)23(24,25)26/h5-10,15,19H,3-4,11-14H2,1-2H3. The summed E-state index contributed by atoms with van der Waals surface area (Å²) in [6.45, 7) is 5.42. The molecule has 178 valence electrons. The van der Waals surface area contributed by atoms with Crippen LogP contribution in [0.1, 0.15) is 42.6 Å². The van der Waals surface area contributed by atoms with Crippen LogP contribution in [0.2, 0.25) is 0 Å². The maximum absolute atomic E-state index is 13.2. The van der Waals surface area contributed by atoms with Crippen molar-refractivity contribution in [2.75, 3.05) is 31.1 Å². The first-order valence-corrected chi connectivity index (χ1v) is 10.8. The molecule has 0 saturated carbocycles. The van der Waals surface area contributed by atoms with Crippen LogP contribution >= 0.6 is 0 Å². The zero-order valence-electron chi connectivity index (χ0n) is 18.5. The molecule has 2 aromatic carbocycles. The van der Waals surface area contributed by atoms with Crippen LogP contribution in [0.4, 0.5) is 24.5 Å². The van der Waals surface area contributed by atoms with E-state index in [1.807, 2.05) is 18.7 Å². The minimum atomic E-state index is -4.39. The van der Waals surface area contributed by atoms with E-state index in [-0.39, 0.29) is 23.3 Å². The first kappa shape index (κ1) is 24.3. The molecule has 0 N–H and O–H groups in total. The van der Waals surface area contributed by atoms with Gasteiger partial charge in [0.25, 0.3) is 11.6 Å². The second-order valence-electron chi connectivity index (χ2n) is 7.82. The second-order valence-corrected chi connectivity index (χ2v) is 7.82. The predicted octanol–water partition coefficient (Wildman–Crippen LogP) is 5.14. The molecule has 10 heteroatoms. The average molecular weight is 465 g/mol. The summed E-state index contributed by atoms with van der Waals surface area (Å²) < 4.78 is 44.3. The molecule has 0 aromatic heterocycles. The number of anilines is 1. The molecular formula is C23H26F3N3O4. The van der Waals surface area contributed by atoms with Crippen molar-refractivity contribution in [3.05, 3.63) is 63.7 Å². The third kappa shape index (κ3) is 5.74. The Morgan fingerprint density at radius 3 is 2.18 bits per heavy atom. The fraction of sp³-hybridized carbons (Fsp3) is 0.435. The molecule has 7 nitrogen and oxygen atoms in total. The first-order chi connectivity index (χ1) is 15.6. The summed E-state index contributed by atoms with van der Waals surface area (Å²) in [5.74, 6) is -0.0591. The van der Waals surface area contributed by atoms with Gasteiger partial charge in [0.2, 0.25) is 0 Å². The van der Waals surface area contributed by atoms with Gasteiger partial charge in [-0.2, -0.15) is 13.2 Å². The molecule has 1 amide bonds. The minimum absolute atomic E-state index is 0.116. The van der Waals surface area contributed by atoms with Crippen molar-refractivity contribution in [1.82, 2.24) is 4.90 Å². The van der Waals surface area contributed by atoms with Gasteiger partial charge in [-0.1, -0.05) is 13.8 Å². The molecule has 0 bridgehead atoms. The molecule has 0 aliphatic carbocycles. The zero-order chi connectivity index (χ0) is 24.2. The van der Waals surface area contributed by atoms with Gasteiger partial charge in [-0.05, 0) is 43.2 Å². The fourth-order valence-electron chi connectivity index (χ4n) is 3.74. The molecule has 1 fully saturated rings. The Balaban J connectivity index is 1.74. The quantitative estimate of drug-likeness (QED) is 0.418. The number of nitrogens with zero attached hydrogens (tertiary/aromatic N) is 3. The van der Waals surface area contributed by atoms with Crippen LogP contribution in [-0.4, -0.2) is 48.0 Å². The monoisotopic (exact) mass is 465 g/mol. The lowest BCUT2D eigenvalue weighted by molar-refractivity contribution is -0.384. The van der Waals surface area contributed by atoms with E-state index in [1.54, 1.807) is 4.90 Å². The number of carbonyl (C=O) groups excluding carboxylic acids is 1. The summed E-state index contributed by atoms with van der Waals surface area (Å²) in [7, 11) is 0. The van der Waals surface area contributed by atoms with Crippen molar-refractivity contribution < 1.29 is 27.6 Å². The van der Waals surface area contributed by atoms with Gasteiger partial charge in [0.1, 0.15) is 5.75 Å². The van der Waals surface area contributed by atoms with Gasteiger partial charge in [-0.3, -0.25) is 14.9 Å². The topological polar surface area (TPSA) is 75.9 Å². The molecule has 1 aliphatic heterocycles. The van der Waals surface area contributed by atoms with E-state index in [2.05, 4.69) is 0 Å². The number of carbonyl (C=O) groups is 1. The van der Waals surface area contributed by atoms with Gasteiger partial charge >= 0.3 is 6.18 Å². The summed E-state index contributed by atoms with van der Waals surface area (Å²) in [6, 6.07) is 8.93. The highest BCUT2D eigenvalue weighted by Gasteiger charge is 2.31. The molecule has 1 heterocycles. The normalized spacial score (nSPS) is 14.5. The highest BCUT2D eigenvalue weighted by molar-refractivity contribution is 5.97. The van der Waals surface area contributed by atoms with E-state index < -0.39 is 16.7 Å². The summed E-state index contributed by atoms with van der Waals surface area (Å²) in [4.78, 5) is 27.4. The van der Waals surface area contributed by atoms with Crippen molar-refractivity contribution in [1.29, 1.82) is 0 Å². The first-order valence-electron chi connectivity index (χ1n) is 10.8. The number of hydrogen-bond acceptors (Lipinski definition) is 5. The number of piperazine rings is 1. The lowest BCUT2D eigenvalue weighted by Gasteiger charge is -2.36. The number of rotatable bonds is 7. The number of benzene rings is 2. The average Bonchev–Trinajstić information content (AvgIpc) is 2.81. The minimum Gasteiger partial charge on any atom is -0.490 e. The molecule has 3 rings (SSSR count). The van der Waals surface area contributed by atoms with Crippen LogP contribution in [-0.2, 0) is 6.18 Å². The van der Waals surface area contributed by atoms with Crippen LogP contribution < -0.4 is 9.64 Å². The highest BCUT2D eigenvalue weighted by atomic mass is 19.4. The SMILES string of the molecule is CCC(CC)Oc1ccc([N+](=O)[O-])cc1C(=O)N1CCN(c2ccc(C(F)(F)F)cc2)CC1. The van der Waals surface area contributed by atoms with E-state index in [1.165, 1.54) is 30.3 Å². The molecule has 0 spiro atoms. The number of nitro groups is 1. The van der Waals surface area contributed by atoms with Gasteiger partial charge < -0.3 is 14.5 Å². The summed E-state index contributed by atoms with van der Waals surface area (Å²) >= 11 is 0. The van der Waals surface area contributed by atoms with Gasteiger partial charge in [-0.25, -0.2) is 0 Å². The Kier molecular flexibility index (Phi) is 7.45. The highest BCUT2D eigenvalue weighted by Crippen LogP contribution is 2.31. The third-order valence-corrected chi connectivity index (χ3v) is 5.74. The fourth-order valence-corrected chi connectivity index (χ4v) is 3.74. The third-order valence-electron chi connectivity index (χ3n) is 5.74. The van der Waals surface area contributed by atoms with Gasteiger partial charge in [0.05, 0.1) is 22.2 Å². The second kappa shape index (κ2) is 10.1. The molecule has 0 atom stereocenters. The maximum Gasteiger partial charge on any atom is 0.416 e. The van der Waals surface area contributed by atoms with E-state index >= 15 is 0 Å². The van der Waals surface area contributed by atoms with Gasteiger partial charge in [0.15, 0.2) is 0 Å². The summed E-state index contributed by atoms with van der Waals surface area (Å²) in [5, 5.41) is 11.2. The van der Waals surface area contributed by atoms with Crippen LogP contribution in [0, 0.1) is 10.1 Å². The molecule has 0 radical (unpaired) electrons. The largest absolute Gasteiger partial charge is 0.490 e. The smallest absolute Gasteiger partial charge is 0.416 e. The molecule has 1 saturated heterocycles. The van der Waals surface area contributed by atoms with Gasteiger partial charge in [0, 0.05) is 44.0 Å². The van der Waals surface area contributed by atoms with Crippen molar-refractivity contribution in [3.63, 3.8) is 0 Å². The van der Waals surface area contributed by atoms with Crippen molar-refractivity contribution in [3.8, 4) is 5.75 Å². The maximum atomic E-state index is 13.2. The van der Waals surface area contributed by atoms with Gasteiger partial charge in [-0.15, -0.1) is 0 Å². The van der Waals surface area contributed by atoms with E-state index in [0.29, 0.717) is 37.6 Å². The Bertz CT molecular complexity index is 983. The van der Waals surface area contributed by atoms with Crippen molar-refractivity contribution in [2.45, 2.75) is 39.0 Å². The Hall–Kier alpha value is -3.30. The van der Waals surface area contributed by atoms with E-state index in [9.17, 15) is 28.1 Å². The van der Waals surface area contributed by atoms with E-state index in [0.717, 1.165) is 25.0 Å². The lowest BCUT2D eigenvalue weighted by Crippen LogP contribution is -2.48. The Labute approximate surface area is 189 Å². The van der Waals surface area contributed by atoms with Crippen LogP contribution in [0.15, 0.2) is 42.5 Å². The summed E-state index contributed by atoms with van der Waals surface area (Å²) in [5.41, 5.74) is -0.128. The Morgan fingerprint density at radius 1 is 1.06 bits per heavy atom. The zero-order valence-corrected chi connectivity index (χ0v) is 18.5. The van der Waals surface area contributed by atoms with E-state index in [4.69, 9.17) is 4.74 Å². The molecular weight excluding hydrogens is 439 g/mol. The summed E-state index contributed by atoms with van der Waals surface area (Å²) in [6.07, 6.45) is -3.05. The Morgan fingerprint density at radius 2 is 1.67 bits per heavy atom. The number of non-ortho nitro benzene ring substituents is 1. The van der Waals surface area contributed by atoms with Crippen molar-refractivity contribution in [2.24, 2.45) is 0 Å². The molecule has 0 unspecified atom stereocenters. The number of ether oxygens (including phenoxy) is 1. The van der Waals surface area contributed by atoms with Crippen LogP contribution in [0.25, 0.3) is 0 Å². The van der Waals surface area contributed by atoms with Crippen LogP contribution in [0.5, 0.6) is 5.75 Å². The lowest BCUT2D eigenvalue weighted by atomic mass is 10.1. The number of amides is 1. The molecule has 2 aromatic rings. The molecule has 33 heavy (non-hydrogen) atoms. The number of halogens is 3. The number of hydrogen-bond donors (Lipinski definition) is 0. The molecule has 1 aliphatic rings. The van der Waals surface area contributed by atoms with Crippen molar-refractivity contribution >= 4 is 17.3 Å².